The Kier molecular flexibility index (Phi) is 8.65. The predicted octanol–water partition coefficient (Wildman–Crippen LogP) is 3.49. The van der Waals surface area contributed by atoms with E-state index in [1.165, 1.54) is 0 Å². The molecule has 34 heavy (non-hydrogen) atoms. The first-order valence-electron chi connectivity index (χ1n) is 11.6. The Balaban J connectivity index is 1.56. The van der Waals surface area contributed by atoms with Gasteiger partial charge in [-0.05, 0) is 62.0 Å². The number of ether oxygens (including phenoxy) is 2. The summed E-state index contributed by atoms with van der Waals surface area (Å²) in [6.07, 6.45) is 0.125. The smallest absolute Gasteiger partial charge is 0.338 e. The van der Waals surface area contributed by atoms with Crippen molar-refractivity contribution in [1.29, 1.82) is 0 Å². The standard InChI is InChI=1S/C26H33N3O5/c1-5-28(6-2)13-14-34-26(32)19-8-10-21(11-9-19)27-25(31)20-16-24(30)29(17-20)22-15-18(3)7-12-23(22)33-4/h7-12,15,20H,5-6,13-14,16-17H2,1-4H3,(H,27,31). The molecule has 2 aromatic rings. The molecule has 1 saturated heterocycles. The number of anilines is 2. The molecule has 0 saturated carbocycles. The number of esters is 1. The van der Waals surface area contributed by atoms with Crippen molar-refractivity contribution in [2.75, 3.05) is 50.1 Å². The van der Waals surface area contributed by atoms with Gasteiger partial charge in [0.25, 0.3) is 0 Å². The van der Waals surface area contributed by atoms with E-state index < -0.39 is 11.9 Å². The molecule has 2 amide bonds. The summed E-state index contributed by atoms with van der Waals surface area (Å²) in [6.45, 7) is 9.19. The third-order valence-corrected chi connectivity index (χ3v) is 6.04. The summed E-state index contributed by atoms with van der Waals surface area (Å²) < 4.78 is 10.7. The number of amides is 2. The lowest BCUT2D eigenvalue weighted by Gasteiger charge is -2.20. The first-order valence-corrected chi connectivity index (χ1v) is 11.6. The number of hydrogen-bond donors (Lipinski definition) is 1. The van der Waals surface area contributed by atoms with Crippen molar-refractivity contribution in [3.8, 4) is 5.75 Å². The fraction of sp³-hybridized carbons (Fsp3) is 0.423. The number of carbonyl (C=O) groups excluding carboxylic acids is 3. The highest BCUT2D eigenvalue weighted by Gasteiger charge is 2.36. The Labute approximate surface area is 200 Å². The van der Waals surface area contributed by atoms with E-state index in [0.717, 1.165) is 18.7 Å². The molecule has 0 aliphatic carbocycles. The Bertz CT molecular complexity index is 1020. The van der Waals surface area contributed by atoms with Gasteiger partial charge in [-0.25, -0.2) is 4.79 Å². The zero-order valence-electron chi connectivity index (χ0n) is 20.3. The quantitative estimate of drug-likeness (QED) is 0.538. The lowest BCUT2D eigenvalue weighted by Crippen LogP contribution is -2.28. The van der Waals surface area contributed by atoms with Crippen LogP contribution >= 0.6 is 0 Å². The molecule has 182 valence electrons. The number of rotatable bonds is 10. The number of nitrogens with zero attached hydrogens (tertiary/aromatic N) is 2. The normalized spacial score (nSPS) is 15.5. The first kappa shape index (κ1) is 25.2. The van der Waals surface area contributed by atoms with Crippen LogP contribution in [-0.2, 0) is 14.3 Å². The lowest BCUT2D eigenvalue weighted by atomic mass is 10.1. The van der Waals surface area contributed by atoms with E-state index in [4.69, 9.17) is 9.47 Å². The summed E-state index contributed by atoms with van der Waals surface area (Å²) in [7, 11) is 1.56. The molecule has 0 aromatic heterocycles. The SMILES string of the molecule is CCN(CC)CCOC(=O)c1ccc(NC(=O)C2CC(=O)N(c3cc(C)ccc3OC)C2)cc1. The van der Waals surface area contributed by atoms with Crippen molar-refractivity contribution in [1.82, 2.24) is 4.90 Å². The predicted molar refractivity (Wildman–Crippen MR) is 131 cm³/mol. The van der Waals surface area contributed by atoms with Crippen LogP contribution in [0.3, 0.4) is 0 Å². The number of carbonyl (C=O) groups is 3. The Hall–Kier alpha value is -3.39. The molecule has 8 heteroatoms. The van der Waals surface area contributed by atoms with Gasteiger partial charge in [0, 0.05) is 25.2 Å². The maximum atomic E-state index is 12.8. The summed E-state index contributed by atoms with van der Waals surface area (Å²) in [5, 5.41) is 2.85. The topological polar surface area (TPSA) is 88.2 Å². The first-order chi connectivity index (χ1) is 16.4. The van der Waals surface area contributed by atoms with Crippen molar-refractivity contribution in [3.63, 3.8) is 0 Å². The van der Waals surface area contributed by atoms with Gasteiger partial charge in [-0.2, -0.15) is 0 Å². The molecular weight excluding hydrogens is 434 g/mol. The highest BCUT2D eigenvalue weighted by molar-refractivity contribution is 6.04. The molecule has 1 fully saturated rings. The largest absolute Gasteiger partial charge is 0.495 e. The van der Waals surface area contributed by atoms with Gasteiger partial charge in [-0.15, -0.1) is 0 Å². The van der Waals surface area contributed by atoms with Crippen LogP contribution in [0, 0.1) is 12.8 Å². The molecule has 0 bridgehead atoms. The van der Waals surface area contributed by atoms with Crippen LogP contribution in [0.5, 0.6) is 5.75 Å². The fourth-order valence-corrected chi connectivity index (χ4v) is 3.95. The van der Waals surface area contributed by atoms with E-state index in [1.807, 2.05) is 25.1 Å². The second-order valence-electron chi connectivity index (χ2n) is 8.31. The van der Waals surface area contributed by atoms with Crippen LogP contribution in [0.15, 0.2) is 42.5 Å². The molecule has 8 nitrogen and oxygen atoms in total. The summed E-state index contributed by atoms with van der Waals surface area (Å²) in [6, 6.07) is 12.2. The van der Waals surface area contributed by atoms with Crippen molar-refractivity contribution in [2.45, 2.75) is 27.2 Å². The van der Waals surface area contributed by atoms with Gasteiger partial charge in [0.1, 0.15) is 12.4 Å². The van der Waals surface area contributed by atoms with Crippen LogP contribution < -0.4 is 15.0 Å². The number of hydrogen-bond acceptors (Lipinski definition) is 6. The van der Waals surface area contributed by atoms with Crippen LogP contribution in [0.2, 0.25) is 0 Å². The molecule has 1 atom stereocenters. The highest BCUT2D eigenvalue weighted by atomic mass is 16.5. The highest BCUT2D eigenvalue weighted by Crippen LogP contribution is 2.34. The monoisotopic (exact) mass is 467 g/mol. The van der Waals surface area contributed by atoms with E-state index in [0.29, 0.717) is 35.8 Å². The molecule has 1 heterocycles. The number of benzene rings is 2. The summed E-state index contributed by atoms with van der Waals surface area (Å²) >= 11 is 0. The van der Waals surface area contributed by atoms with Gasteiger partial charge < -0.3 is 24.6 Å². The zero-order chi connectivity index (χ0) is 24.7. The average Bonchev–Trinajstić information content (AvgIpc) is 3.23. The van der Waals surface area contributed by atoms with Crippen molar-refractivity contribution < 1.29 is 23.9 Å². The molecular formula is C26H33N3O5. The summed E-state index contributed by atoms with van der Waals surface area (Å²) in [4.78, 5) is 41.5. The average molecular weight is 468 g/mol. The van der Waals surface area contributed by atoms with Gasteiger partial charge in [-0.1, -0.05) is 19.9 Å². The molecule has 2 aromatic carbocycles. The van der Waals surface area contributed by atoms with E-state index in [2.05, 4.69) is 24.1 Å². The van der Waals surface area contributed by atoms with Crippen LogP contribution in [0.25, 0.3) is 0 Å². The van der Waals surface area contributed by atoms with Gasteiger partial charge in [0.15, 0.2) is 0 Å². The number of methoxy groups -OCH3 is 1. The van der Waals surface area contributed by atoms with Crippen molar-refractivity contribution in [2.24, 2.45) is 5.92 Å². The van der Waals surface area contributed by atoms with E-state index in [-0.39, 0.29) is 24.8 Å². The molecule has 1 aliphatic heterocycles. The molecule has 0 spiro atoms. The Morgan fingerprint density at radius 2 is 1.82 bits per heavy atom. The minimum atomic E-state index is -0.484. The molecule has 3 rings (SSSR count). The van der Waals surface area contributed by atoms with E-state index in [1.54, 1.807) is 36.3 Å². The van der Waals surface area contributed by atoms with Crippen LogP contribution in [0.4, 0.5) is 11.4 Å². The Morgan fingerprint density at radius 3 is 2.47 bits per heavy atom. The minimum absolute atomic E-state index is 0.119. The zero-order valence-corrected chi connectivity index (χ0v) is 20.3. The van der Waals surface area contributed by atoms with Gasteiger partial charge in [0.05, 0.1) is 24.3 Å². The second kappa shape index (κ2) is 11.7. The number of aryl methyl sites for hydroxylation is 1. The fourth-order valence-electron chi connectivity index (χ4n) is 3.95. The third kappa shape index (κ3) is 6.14. The van der Waals surface area contributed by atoms with Crippen molar-refractivity contribution >= 4 is 29.2 Å². The molecule has 1 N–H and O–H groups in total. The number of nitrogens with one attached hydrogen (secondary N) is 1. The molecule has 0 radical (unpaired) electrons. The maximum absolute atomic E-state index is 12.8. The van der Waals surface area contributed by atoms with E-state index >= 15 is 0 Å². The molecule has 1 unspecified atom stereocenters. The lowest BCUT2D eigenvalue weighted by molar-refractivity contribution is -0.122. The van der Waals surface area contributed by atoms with Gasteiger partial charge in [-0.3, -0.25) is 9.59 Å². The Morgan fingerprint density at radius 1 is 1.12 bits per heavy atom. The minimum Gasteiger partial charge on any atom is -0.495 e. The van der Waals surface area contributed by atoms with Crippen LogP contribution in [0.1, 0.15) is 36.2 Å². The number of likely N-dealkylation sites (N-methyl/N-ethyl adjacent to an activating group) is 1. The van der Waals surface area contributed by atoms with Gasteiger partial charge in [0.2, 0.25) is 11.8 Å². The summed E-state index contributed by atoms with van der Waals surface area (Å²) in [5.41, 5.74) is 2.66. The van der Waals surface area contributed by atoms with Crippen molar-refractivity contribution in [3.05, 3.63) is 53.6 Å². The molecule has 1 aliphatic rings. The second-order valence-corrected chi connectivity index (χ2v) is 8.31. The van der Waals surface area contributed by atoms with Crippen LogP contribution in [-0.4, -0.2) is 62.6 Å². The summed E-state index contributed by atoms with van der Waals surface area (Å²) in [5.74, 6) is -0.639. The van der Waals surface area contributed by atoms with E-state index in [9.17, 15) is 14.4 Å². The third-order valence-electron chi connectivity index (χ3n) is 6.04. The van der Waals surface area contributed by atoms with Gasteiger partial charge >= 0.3 is 5.97 Å². The maximum Gasteiger partial charge on any atom is 0.338 e.